The minimum atomic E-state index is -0.710. The molecule has 0 aromatic carbocycles. The van der Waals surface area contributed by atoms with E-state index in [0.29, 0.717) is 11.5 Å². The first kappa shape index (κ1) is 13.2. The highest BCUT2D eigenvalue weighted by Gasteiger charge is 2.17. The summed E-state index contributed by atoms with van der Waals surface area (Å²) in [6.45, 7) is 1.78. The number of anilines is 1. The number of amides is 1. The number of furan rings is 1. The molecule has 0 saturated heterocycles. The Morgan fingerprint density at radius 3 is 2.74 bits per heavy atom. The molecule has 2 aromatic heterocycles. The molecule has 0 radical (unpaired) electrons. The monoisotopic (exact) mass is 325 g/mol. The van der Waals surface area contributed by atoms with Crippen molar-refractivity contribution in [3.05, 3.63) is 50.3 Å². The summed E-state index contributed by atoms with van der Waals surface area (Å²) >= 11 is 3.29. The molecule has 1 N–H and O–H groups in total. The molecule has 1 amide bonds. The maximum absolute atomic E-state index is 11.8. The second kappa shape index (κ2) is 5.19. The van der Waals surface area contributed by atoms with Gasteiger partial charge in [0.25, 0.3) is 5.91 Å². The SMILES string of the molecule is Cc1nc(NC(=O)c2ccc([N+](=O)[O-])o2)ccc1Br. The van der Waals surface area contributed by atoms with Gasteiger partial charge in [-0.25, -0.2) is 4.98 Å². The van der Waals surface area contributed by atoms with Crippen LogP contribution < -0.4 is 5.32 Å². The van der Waals surface area contributed by atoms with E-state index in [1.807, 2.05) is 0 Å². The van der Waals surface area contributed by atoms with Gasteiger partial charge < -0.3 is 9.73 Å². The highest BCUT2D eigenvalue weighted by atomic mass is 79.9. The van der Waals surface area contributed by atoms with Crippen LogP contribution in [0.4, 0.5) is 11.7 Å². The Bertz CT molecular complexity index is 653. The van der Waals surface area contributed by atoms with E-state index in [9.17, 15) is 14.9 Å². The van der Waals surface area contributed by atoms with Crippen molar-refractivity contribution in [2.24, 2.45) is 0 Å². The maximum atomic E-state index is 11.8. The van der Waals surface area contributed by atoms with E-state index < -0.39 is 16.7 Å². The quantitative estimate of drug-likeness (QED) is 0.691. The molecule has 98 valence electrons. The molecule has 0 atom stereocenters. The number of carbonyl (C=O) groups excluding carboxylic acids is 1. The van der Waals surface area contributed by atoms with E-state index in [4.69, 9.17) is 4.42 Å². The summed E-state index contributed by atoms with van der Waals surface area (Å²) in [5.41, 5.74) is 0.711. The van der Waals surface area contributed by atoms with Gasteiger partial charge in [-0.2, -0.15) is 0 Å². The van der Waals surface area contributed by atoms with Crippen molar-refractivity contribution in [2.45, 2.75) is 6.92 Å². The normalized spacial score (nSPS) is 10.2. The fourth-order valence-corrected chi connectivity index (χ4v) is 1.56. The number of rotatable bonds is 3. The molecule has 0 saturated carbocycles. The molecule has 0 aliphatic heterocycles. The van der Waals surface area contributed by atoms with E-state index in [0.717, 1.165) is 10.5 Å². The third kappa shape index (κ3) is 2.97. The van der Waals surface area contributed by atoms with Gasteiger partial charge in [0, 0.05) is 4.47 Å². The maximum Gasteiger partial charge on any atom is 0.433 e. The molecule has 19 heavy (non-hydrogen) atoms. The van der Waals surface area contributed by atoms with Gasteiger partial charge in [0.05, 0.1) is 11.8 Å². The Kier molecular flexibility index (Phi) is 3.61. The van der Waals surface area contributed by atoms with Crippen molar-refractivity contribution in [2.75, 3.05) is 5.32 Å². The number of aryl methyl sites for hydroxylation is 1. The van der Waals surface area contributed by atoms with E-state index in [-0.39, 0.29) is 5.76 Å². The average Bonchev–Trinajstić information content (AvgIpc) is 2.83. The highest BCUT2D eigenvalue weighted by Crippen LogP contribution is 2.19. The van der Waals surface area contributed by atoms with Gasteiger partial charge in [-0.05, 0) is 41.1 Å². The zero-order valence-electron chi connectivity index (χ0n) is 9.71. The topological polar surface area (TPSA) is 98.3 Å². The Hall–Kier alpha value is -2.22. The summed E-state index contributed by atoms with van der Waals surface area (Å²) in [4.78, 5) is 25.6. The molecule has 8 heteroatoms. The Balaban J connectivity index is 2.15. The third-order valence-electron chi connectivity index (χ3n) is 2.26. The summed E-state index contributed by atoms with van der Waals surface area (Å²) in [5.74, 6) is -0.883. The predicted octanol–water partition coefficient (Wildman–Crippen LogP) is 2.91. The first-order valence-corrected chi connectivity index (χ1v) is 5.95. The number of pyridine rings is 1. The number of carbonyl (C=O) groups is 1. The van der Waals surface area contributed by atoms with Gasteiger partial charge >= 0.3 is 5.88 Å². The smallest absolute Gasteiger partial charge is 0.395 e. The third-order valence-corrected chi connectivity index (χ3v) is 3.10. The number of hydrogen-bond donors (Lipinski definition) is 1. The van der Waals surface area contributed by atoms with Crippen molar-refractivity contribution in [3.63, 3.8) is 0 Å². The van der Waals surface area contributed by atoms with Crippen LogP contribution in [-0.4, -0.2) is 15.8 Å². The molecule has 2 rings (SSSR count). The lowest BCUT2D eigenvalue weighted by molar-refractivity contribution is -0.402. The molecule has 0 spiro atoms. The van der Waals surface area contributed by atoms with Gasteiger partial charge in [0.1, 0.15) is 10.7 Å². The predicted molar refractivity (Wildman–Crippen MR) is 70.0 cm³/mol. The first-order chi connectivity index (χ1) is 8.97. The Labute approximate surface area is 115 Å². The number of aromatic nitrogens is 1. The van der Waals surface area contributed by atoms with E-state index in [1.54, 1.807) is 19.1 Å². The lowest BCUT2D eigenvalue weighted by Gasteiger charge is -2.04. The number of halogens is 1. The minimum Gasteiger partial charge on any atom is -0.395 e. The highest BCUT2D eigenvalue weighted by molar-refractivity contribution is 9.10. The van der Waals surface area contributed by atoms with Crippen molar-refractivity contribution in [1.82, 2.24) is 4.98 Å². The Morgan fingerprint density at radius 2 is 2.16 bits per heavy atom. The van der Waals surface area contributed by atoms with E-state index in [1.165, 1.54) is 6.07 Å². The summed E-state index contributed by atoms with van der Waals surface area (Å²) in [6, 6.07) is 5.70. The van der Waals surface area contributed by atoms with Crippen molar-refractivity contribution >= 4 is 33.5 Å². The average molecular weight is 326 g/mol. The second-order valence-electron chi connectivity index (χ2n) is 3.61. The summed E-state index contributed by atoms with van der Waals surface area (Å²) in [5, 5.41) is 12.9. The van der Waals surface area contributed by atoms with Gasteiger partial charge in [-0.15, -0.1) is 0 Å². The number of hydrogen-bond acceptors (Lipinski definition) is 5. The van der Waals surface area contributed by atoms with Gasteiger partial charge in [-0.3, -0.25) is 14.9 Å². The molecule has 2 heterocycles. The molecule has 0 aliphatic rings. The van der Waals surface area contributed by atoms with Gasteiger partial charge in [-0.1, -0.05) is 0 Å². The van der Waals surface area contributed by atoms with Crippen LogP contribution in [0.5, 0.6) is 0 Å². The van der Waals surface area contributed by atoms with Gasteiger partial charge in [0.2, 0.25) is 0 Å². The van der Waals surface area contributed by atoms with Crippen LogP contribution in [-0.2, 0) is 0 Å². The standard InChI is InChI=1S/C11H8BrN3O4/c1-6-7(12)2-4-9(13-6)14-11(16)8-3-5-10(19-8)15(17)18/h2-5H,1H3,(H,13,14,16). The molecule has 0 fully saturated rings. The van der Waals surface area contributed by atoms with Crippen LogP contribution >= 0.6 is 15.9 Å². The molecule has 2 aromatic rings. The van der Waals surface area contributed by atoms with Crippen LogP contribution in [0.3, 0.4) is 0 Å². The summed E-state index contributed by atoms with van der Waals surface area (Å²) in [7, 11) is 0. The zero-order chi connectivity index (χ0) is 14.0. The number of nitrogens with one attached hydrogen (secondary N) is 1. The molecule has 0 aliphatic carbocycles. The van der Waals surface area contributed by atoms with Crippen LogP contribution in [0, 0.1) is 17.0 Å². The number of nitrogens with zero attached hydrogens (tertiary/aromatic N) is 2. The van der Waals surface area contributed by atoms with E-state index in [2.05, 4.69) is 26.2 Å². The van der Waals surface area contributed by atoms with Crippen LogP contribution in [0.15, 0.2) is 33.2 Å². The van der Waals surface area contributed by atoms with Gasteiger partial charge in [0.15, 0.2) is 5.76 Å². The number of nitro groups is 1. The molecular weight excluding hydrogens is 318 g/mol. The first-order valence-electron chi connectivity index (χ1n) is 5.16. The van der Waals surface area contributed by atoms with E-state index >= 15 is 0 Å². The summed E-state index contributed by atoms with van der Waals surface area (Å²) in [6.07, 6.45) is 0. The van der Waals surface area contributed by atoms with Crippen molar-refractivity contribution in [3.8, 4) is 0 Å². The lowest BCUT2D eigenvalue weighted by Crippen LogP contribution is -2.12. The fraction of sp³-hybridized carbons (Fsp3) is 0.0909. The van der Waals surface area contributed by atoms with Crippen LogP contribution in [0.2, 0.25) is 0 Å². The molecule has 0 bridgehead atoms. The molecule has 0 unspecified atom stereocenters. The van der Waals surface area contributed by atoms with Crippen LogP contribution in [0.1, 0.15) is 16.2 Å². The Morgan fingerprint density at radius 1 is 1.42 bits per heavy atom. The molecule has 7 nitrogen and oxygen atoms in total. The molecular formula is C11H8BrN3O4. The fourth-order valence-electron chi connectivity index (χ4n) is 1.34. The zero-order valence-corrected chi connectivity index (χ0v) is 11.3. The second-order valence-corrected chi connectivity index (χ2v) is 4.47. The lowest BCUT2D eigenvalue weighted by atomic mass is 10.3. The van der Waals surface area contributed by atoms with Crippen molar-refractivity contribution in [1.29, 1.82) is 0 Å². The minimum absolute atomic E-state index is 0.144. The summed E-state index contributed by atoms with van der Waals surface area (Å²) < 4.78 is 5.60. The van der Waals surface area contributed by atoms with Crippen LogP contribution in [0.25, 0.3) is 0 Å². The largest absolute Gasteiger partial charge is 0.433 e. The van der Waals surface area contributed by atoms with Crippen molar-refractivity contribution < 1.29 is 14.1 Å².